The van der Waals surface area contributed by atoms with Crippen LogP contribution in [0.5, 0.6) is 0 Å². The highest BCUT2D eigenvalue weighted by molar-refractivity contribution is 5.93. The lowest BCUT2D eigenvalue weighted by molar-refractivity contribution is -0.118. The lowest BCUT2D eigenvalue weighted by Crippen LogP contribution is -2.27. The van der Waals surface area contributed by atoms with Gasteiger partial charge >= 0.3 is 0 Å². The van der Waals surface area contributed by atoms with Crippen molar-refractivity contribution in [2.75, 3.05) is 25.0 Å². The Morgan fingerprint density at radius 3 is 2.86 bits per heavy atom. The summed E-state index contributed by atoms with van der Waals surface area (Å²) in [6.45, 7) is 8.16. The van der Waals surface area contributed by atoms with Crippen LogP contribution in [0, 0.1) is 5.92 Å². The number of nitrogens with zero attached hydrogens (tertiary/aromatic N) is 3. The minimum atomic E-state index is -0.126. The summed E-state index contributed by atoms with van der Waals surface area (Å²) in [6.07, 6.45) is 8.02. The van der Waals surface area contributed by atoms with Crippen molar-refractivity contribution in [2.45, 2.75) is 32.9 Å². The lowest BCUT2D eigenvalue weighted by atomic mass is 10.1. The number of rotatable bonds is 7. The Hall–Kier alpha value is -1.66. The maximum Gasteiger partial charge on any atom is 0.231 e. The molecule has 6 nitrogen and oxygen atoms in total. The van der Waals surface area contributed by atoms with E-state index in [9.17, 15) is 4.79 Å². The SMILES string of the molecule is CCN(CC)CCn1cc(NC(=O)C2C=CC(N)C2)cn1. The second kappa shape index (κ2) is 7.38. The van der Waals surface area contributed by atoms with Gasteiger partial charge in [0.15, 0.2) is 0 Å². The number of amides is 1. The summed E-state index contributed by atoms with van der Waals surface area (Å²) in [4.78, 5) is 14.4. The predicted molar refractivity (Wildman–Crippen MR) is 83.9 cm³/mol. The molecule has 0 spiro atoms. The fraction of sp³-hybridized carbons (Fsp3) is 0.600. The van der Waals surface area contributed by atoms with Crippen molar-refractivity contribution in [3.63, 3.8) is 0 Å². The molecular weight excluding hydrogens is 266 g/mol. The molecule has 0 aromatic carbocycles. The first-order valence-corrected chi connectivity index (χ1v) is 7.62. The van der Waals surface area contributed by atoms with Crippen molar-refractivity contribution in [3.8, 4) is 0 Å². The van der Waals surface area contributed by atoms with Gasteiger partial charge in [0.25, 0.3) is 0 Å². The number of nitrogens with two attached hydrogens (primary N) is 1. The number of aromatic nitrogens is 2. The molecule has 21 heavy (non-hydrogen) atoms. The zero-order valence-electron chi connectivity index (χ0n) is 12.8. The fourth-order valence-corrected chi connectivity index (χ4v) is 2.49. The maximum atomic E-state index is 12.1. The molecule has 0 saturated carbocycles. The largest absolute Gasteiger partial charge is 0.324 e. The third kappa shape index (κ3) is 4.41. The maximum absolute atomic E-state index is 12.1. The van der Waals surface area contributed by atoms with Crippen LogP contribution in [0.25, 0.3) is 0 Å². The van der Waals surface area contributed by atoms with Gasteiger partial charge in [0, 0.05) is 18.8 Å². The molecule has 116 valence electrons. The minimum absolute atomic E-state index is 0.00227. The van der Waals surface area contributed by atoms with Gasteiger partial charge in [-0.15, -0.1) is 0 Å². The predicted octanol–water partition coefficient (Wildman–Crippen LogP) is 1.07. The van der Waals surface area contributed by atoms with E-state index < -0.39 is 0 Å². The summed E-state index contributed by atoms with van der Waals surface area (Å²) in [6, 6.07) is -0.00227. The molecule has 1 heterocycles. The Kier molecular flexibility index (Phi) is 5.52. The van der Waals surface area contributed by atoms with Crippen LogP contribution in [-0.4, -0.2) is 46.3 Å². The minimum Gasteiger partial charge on any atom is -0.324 e. The Balaban J connectivity index is 1.82. The average molecular weight is 291 g/mol. The van der Waals surface area contributed by atoms with Gasteiger partial charge in [-0.2, -0.15) is 5.10 Å². The third-order valence-electron chi connectivity index (χ3n) is 3.89. The van der Waals surface area contributed by atoms with Gasteiger partial charge in [0.05, 0.1) is 24.3 Å². The van der Waals surface area contributed by atoms with Crippen LogP contribution in [0.2, 0.25) is 0 Å². The van der Waals surface area contributed by atoms with Crippen LogP contribution in [0.3, 0.4) is 0 Å². The van der Waals surface area contributed by atoms with Gasteiger partial charge in [-0.05, 0) is 19.5 Å². The zero-order chi connectivity index (χ0) is 15.2. The van der Waals surface area contributed by atoms with E-state index in [4.69, 9.17) is 5.73 Å². The monoisotopic (exact) mass is 291 g/mol. The van der Waals surface area contributed by atoms with Crippen molar-refractivity contribution in [1.82, 2.24) is 14.7 Å². The van der Waals surface area contributed by atoms with Crippen LogP contribution >= 0.6 is 0 Å². The van der Waals surface area contributed by atoms with Gasteiger partial charge in [-0.3, -0.25) is 9.48 Å². The van der Waals surface area contributed by atoms with Crippen LogP contribution in [0.15, 0.2) is 24.5 Å². The quantitative estimate of drug-likeness (QED) is 0.737. The van der Waals surface area contributed by atoms with E-state index in [1.54, 1.807) is 6.20 Å². The molecule has 0 fully saturated rings. The lowest BCUT2D eigenvalue weighted by Gasteiger charge is -2.17. The Morgan fingerprint density at radius 2 is 2.24 bits per heavy atom. The van der Waals surface area contributed by atoms with E-state index in [0.717, 1.165) is 31.9 Å². The second-order valence-electron chi connectivity index (χ2n) is 5.40. The molecule has 2 atom stereocenters. The highest BCUT2D eigenvalue weighted by atomic mass is 16.1. The summed E-state index contributed by atoms with van der Waals surface area (Å²) in [5.74, 6) is -0.137. The third-order valence-corrected chi connectivity index (χ3v) is 3.89. The molecule has 1 aliphatic carbocycles. The van der Waals surface area contributed by atoms with Crippen LogP contribution < -0.4 is 11.1 Å². The molecule has 0 saturated heterocycles. The van der Waals surface area contributed by atoms with Gasteiger partial charge < -0.3 is 16.0 Å². The standard InChI is InChI=1S/C15H25N5O/c1-3-19(4-2)7-8-20-11-14(10-17-20)18-15(21)12-5-6-13(16)9-12/h5-6,10-13H,3-4,7-9,16H2,1-2H3,(H,18,21). The molecular formula is C15H25N5O. The summed E-state index contributed by atoms with van der Waals surface area (Å²) >= 11 is 0. The smallest absolute Gasteiger partial charge is 0.231 e. The number of carbonyl (C=O) groups is 1. The molecule has 6 heteroatoms. The van der Waals surface area contributed by atoms with Gasteiger partial charge in [-0.25, -0.2) is 0 Å². The van der Waals surface area contributed by atoms with E-state index in [1.807, 2.05) is 23.0 Å². The van der Waals surface area contributed by atoms with E-state index in [-0.39, 0.29) is 17.9 Å². The van der Waals surface area contributed by atoms with E-state index in [1.165, 1.54) is 0 Å². The molecule has 2 unspecified atom stereocenters. The van der Waals surface area contributed by atoms with Crippen LogP contribution in [0.4, 0.5) is 5.69 Å². The van der Waals surface area contributed by atoms with Crippen molar-refractivity contribution in [3.05, 3.63) is 24.5 Å². The van der Waals surface area contributed by atoms with Gasteiger partial charge in [-0.1, -0.05) is 26.0 Å². The molecule has 1 aromatic rings. The number of nitrogens with one attached hydrogen (secondary N) is 1. The highest BCUT2D eigenvalue weighted by Crippen LogP contribution is 2.18. The van der Waals surface area contributed by atoms with Gasteiger partial charge in [0.1, 0.15) is 0 Å². The number of hydrogen-bond donors (Lipinski definition) is 2. The van der Waals surface area contributed by atoms with Crippen molar-refractivity contribution in [1.29, 1.82) is 0 Å². The normalized spacial score (nSPS) is 21.1. The van der Waals surface area contributed by atoms with E-state index in [0.29, 0.717) is 6.42 Å². The van der Waals surface area contributed by atoms with Crippen molar-refractivity contribution >= 4 is 11.6 Å². The van der Waals surface area contributed by atoms with Crippen LogP contribution in [0.1, 0.15) is 20.3 Å². The van der Waals surface area contributed by atoms with E-state index in [2.05, 4.69) is 29.2 Å². The number of anilines is 1. The average Bonchev–Trinajstić information content (AvgIpc) is 3.09. The van der Waals surface area contributed by atoms with Crippen molar-refractivity contribution in [2.24, 2.45) is 11.7 Å². The summed E-state index contributed by atoms with van der Waals surface area (Å²) in [5.41, 5.74) is 6.51. The number of likely N-dealkylation sites (N-methyl/N-ethyl adjacent to an activating group) is 1. The van der Waals surface area contributed by atoms with E-state index >= 15 is 0 Å². The Labute approximate surface area is 126 Å². The molecule has 1 aliphatic rings. The molecule has 2 rings (SSSR count). The van der Waals surface area contributed by atoms with Crippen molar-refractivity contribution < 1.29 is 4.79 Å². The molecule has 0 aliphatic heterocycles. The fourth-order valence-electron chi connectivity index (χ4n) is 2.49. The zero-order valence-corrected chi connectivity index (χ0v) is 12.8. The summed E-state index contributed by atoms with van der Waals surface area (Å²) in [5, 5.41) is 7.18. The van der Waals surface area contributed by atoms with Gasteiger partial charge in [0.2, 0.25) is 5.91 Å². The molecule has 1 amide bonds. The first kappa shape index (κ1) is 15.7. The van der Waals surface area contributed by atoms with Crippen LogP contribution in [-0.2, 0) is 11.3 Å². The first-order chi connectivity index (χ1) is 10.1. The molecule has 1 aromatic heterocycles. The molecule has 0 bridgehead atoms. The summed E-state index contributed by atoms with van der Waals surface area (Å²) < 4.78 is 1.87. The second-order valence-corrected chi connectivity index (χ2v) is 5.40. The molecule has 3 N–H and O–H groups in total. The Bertz CT molecular complexity index is 492. The molecule has 0 radical (unpaired) electrons. The number of hydrogen-bond acceptors (Lipinski definition) is 4. The number of carbonyl (C=O) groups excluding carboxylic acids is 1. The summed E-state index contributed by atoms with van der Waals surface area (Å²) in [7, 11) is 0. The first-order valence-electron chi connectivity index (χ1n) is 7.62. The highest BCUT2D eigenvalue weighted by Gasteiger charge is 2.22. The Morgan fingerprint density at radius 1 is 1.48 bits per heavy atom. The topological polar surface area (TPSA) is 76.2 Å².